The van der Waals surface area contributed by atoms with Crippen LogP contribution in [0.5, 0.6) is 5.75 Å². The standard InChI is InChI=1S/C25H35Br3OSi/c1-2-3-4-5-6-7-8-10-17-23-18-13-19-24(22-15-11-9-12-16-22)25(23)29-20-14-21-30(26,27)28/h9,11-13,15-16,18-19H,2-8,10,14,17,20-21H2,1H3. The lowest BCUT2D eigenvalue weighted by Gasteiger charge is -2.17. The summed E-state index contributed by atoms with van der Waals surface area (Å²) in [7, 11) is 0. The van der Waals surface area contributed by atoms with Crippen molar-refractivity contribution in [3.63, 3.8) is 0 Å². The summed E-state index contributed by atoms with van der Waals surface area (Å²) in [4.78, 5) is 0. The van der Waals surface area contributed by atoms with Gasteiger partial charge in [-0.2, -0.15) is 0 Å². The third-order valence-corrected chi connectivity index (χ3v) is 9.82. The number of hydrogen-bond acceptors (Lipinski definition) is 1. The molecule has 0 unspecified atom stereocenters. The van der Waals surface area contributed by atoms with Gasteiger partial charge in [0, 0.05) is 5.56 Å². The zero-order valence-corrected chi connectivity index (χ0v) is 23.9. The van der Waals surface area contributed by atoms with Gasteiger partial charge in [0.15, 0.2) is 0 Å². The number of rotatable bonds is 15. The van der Waals surface area contributed by atoms with Crippen LogP contribution in [0.1, 0.15) is 70.3 Å². The van der Waals surface area contributed by atoms with Crippen LogP contribution in [0.4, 0.5) is 0 Å². The average Bonchev–Trinajstić information content (AvgIpc) is 2.73. The van der Waals surface area contributed by atoms with Gasteiger partial charge >= 0.3 is 0 Å². The predicted molar refractivity (Wildman–Crippen MR) is 146 cm³/mol. The molecule has 0 radical (unpaired) electrons. The van der Waals surface area contributed by atoms with Gasteiger partial charge in [0.2, 0.25) is 0 Å². The Bertz CT molecular complexity index is 716. The Balaban J connectivity index is 1.97. The number of ether oxygens (including phenoxy) is 1. The van der Waals surface area contributed by atoms with Crippen molar-refractivity contribution in [1.29, 1.82) is 0 Å². The van der Waals surface area contributed by atoms with Crippen molar-refractivity contribution < 1.29 is 4.74 Å². The van der Waals surface area contributed by atoms with E-state index in [1.54, 1.807) is 0 Å². The van der Waals surface area contributed by atoms with E-state index in [-0.39, 0.29) is 0 Å². The monoisotopic (exact) mass is 616 g/mol. The Kier molecular flexibility index (Phi) is 13.0. The van der Waals surface area contributed by atoms with Crippen LogP contribution in [-0.2, 0) is 6.42 Å². The molecule has 2 aromatic carbocycles. The quantitative estimate of drug-likeness (QED) is 0.110. The molecule has 1 nitrogen and oxygen atoms in total. The molecule has 5 heteroatoms. The molecule has 2 aromatic rings. The van der Waals surface area contributed by atoms with E-state index >= 15 is 0 Å². The maximum atomic E-state index is 6.40. The summed E-state index contributed by atoms with van der Waals surface area (Å²) >= 11 is 11.1. The molecule has 0 atom stereocenters. The molecule has 0 N–H and O–H groups in total. The first-order valence-electron chi connectivity index (χ1n) is 11.4. The van der Waals surface area contributed by atoms with Gasteiger partial charge < -0.3 is 4.74 Å². The highest BCUT2D eigenvalue weighted by Gasteiger charge is 2.21. The Morgan fingerprint density at radius 1 is 0.733 bits per heavy atom. The number of unbranched alkanes of at least 4 members (excludes halogenated alkanes) is 7. The van der Waals surface area contributed by atoms with Crippen molar-refractivity contribution >= 4 is 49.8 Å². The lowest BCUT2D eigenvalue weighted by molar-refractivity contribution is 0.315. The fourth-order valence-electron chi connectivity index (χ4n) is 3.69. The minimum absolute atomic E-state index is 0.742. The van der Waals surface area contributed by atoms with Gasteiger partial charge in [-0.15, -0.1) is 0 Å². The first-order chi connectivity index (χ1) is 14.5. The largest absolute Gasteiger partial charge is 0.493 e. The fraction of sp³-hybridized carbons (Fsp3) is 0.520. The molecule has 30 heavy (non-hydrogen) atoms. The van der Waals surface area contributed by atoms with Crippen molar-refractivity contribution in [2.75, 3.05) is 6.61 Å². The molecular weight excluding hydrogens is 584 g/mol. The number of aryl methyl sites for hydroxylation is 1. The van der Waals surface area contributed by atoms with Crippen molar-refractivity contribution in [1.82, 2.24) is 0 Å². The summed E-state index contributed by atoms with van der Waals surface area (Å²) < 4.78 is 4.83. The molecule has 0 fully saturated rings. The molecule has 0 amide bonds. The smallest absolute Gasteiger partial charge is 0.267 e. The lowest BCUT2D eigenvalue weighted by Crippen LogP contribution is -2.09. The van der Waals surface area contributed by atoms with E-state index in [4.69, 9.17) is 4.74 Å². The first-order valence-corrected chi connectivity index (χ1v) is 20.4. The molecule has 0 saturated carbocycles. The van der Waals surface area contributed by atoms with Crippen LogP contribution in [0.15, 0.2) is 48.5 Å². The molecule has 0 aliphatic carbocycles. The summed E-state index contributed by atoms with van der Waals surface area (Å²) in [5.41, 5.74) is 3.80. The van der Waals surface area contributed by atoms with E-state index in [0.29, 0.717) is 0 Å². The average molecular weight is 619 g/mol. The molecule has 2 rings (SSSR count). The lowest BCUT2D eigenvalue weighted by atomic mass is 9.98. The summed E-state index contributed by atoms with van der Waals surface area (Å²) in [6, 6.07) is 18.3. The Hall–Kier alpha value is -0.103. The molecule has 0 aliphatic heterocycles. The molecule has 0 saturated heterocycles. The van der Waals surface area contributed by atoms with Gasteiger partial charge in [-0.05, 0) is 36.4 Å². The molecule has 0 aromatic heterocycles. The van der Waals surface area contributed by atoms with Crippen molar-refractivity contribution in [2.45, 2.75) is 77.2 Å². The molecule has 0 aliphatic rings. The third kappa shape index (κ3) is 10.5. The minimum atomic E-state index is -1.57. The topological polar surface area (TPSA) is 9.23 Å². The second-order valence-corrected chi connectivity index (χ2v) is 31.4. The highest BCUT2D eigenvalue weighted by Crippen LogP contribution is 2.36. The highest BCUT2D eigenvalue weighted by atomic mass is 80.0. The fourth-order valence-corrected chi connectivity index (χ4v) is 6.76. The van der Waals surface area contributed by atoms with E-state index in [9.17, 15) is 0 Å². The second kappa shape index (κ2) is 14.9. The second-order valence-electron chi connectivity index (χ2n) is 7.95. The third-order valence-electron chi connectivity index (χ3n) is 5.33. The number of hydrogen-bond donors (Lipinski definition) is 0. The van der Waals surface area contributed by atoms with Gasteiger partial charge in [0.1, 0.15) is 5.75 Å². The van der Waals surface area contributed by atoms with E-state index < -0.39 is 3.93 Å². The number of para-hydroxylation sites is 1. The van der Waals surface area contributed by atoms with Crippen LogP contribution in [0.25, 0.3) is 11.1 Å². The molecule has 166 valence electrons. The van der Waals surface area contributed by atoms with E-state index in [1.807, 2.05) is 0 Å². The van der Waals surface area contributed by atoms with Crippen LogP contribution >= 0.6 is 45.9 Å². The Morgan fingerprint density at radius 3 is 2.07 bits per heavy atom. The predicted octanol–water partition coefficient (Wildman–Crippen LogP) is 9.93. The molecule has 0 spiro atoms. The van der Waals surface area contributed by atoms with E-state index in [2.05, 4.69) is 101 Å². The van der Waals surface area contributed by atoms with E-state index in [1.165, 1.54) is 68.1 Å². The Labute approximate surface area is 208 Å². The van der Waals surface area contributed by atoms with Gasteiger partial charge in [-0.25, -0.2) is 0 Å². The van der Waals surface area contributed by atoms with Crippen LogP contribution in [0.2, 0.25) is 6.04 Å². The van der Waals surface area contributed by atoms with Crippen LogP contribution in [0, 0.1) is 0 Å². The van der Waals surface area contributed by atoms with E-state index in [0.717, 1.165) is 31.2 Å². The summed E-state index contributed by atoms with van der Waals surface area (Å²) in [5.74, 6) is 1.08. The van der Waals surface area contributed by atoms with Crippen molar-refractivity contribution in [2.24, 2.45) is 0 Å². The summed E-state index contributed by atoms with van der Waals surface area (Å²) in [6.45, 7) is 3.02. The normalized spacial score (nSPS) is 11.6. The van der Waals surface area contributed by atoms with Gasteiger partial charge in [0.05, 0.1) is 6.61 Å². The van der Waals surface area contributed by atoms with Crippen molar-refractivity contribution in [3.05, 3.63) is 54.1 Å². The summed E-state index contributed by atoms with van der Waals surface area (Å²) in [5, 5.41) is 0. The zero-order chi connectivity index (χ0) is 21.7. The van der Waals surface area contributed by atoms with Gasteiger partial charge in [-0.1, -0.05) is 146 Å². The maximum Gasteiger partial charge on any atom is 0.267 e. The molecule has 0 heterocycles. The van der Waals surface area contributed by atoms with Gasteiger partial charge in [-0.3, -0.25) is 0 Å². The SMILES string of the molecule is CCCCCCCCCCc1cccc(-c2ccccc2)c1OCCC[Si](Br)(Br)Br. The minimum Gasteiger partial charge on any atom is -0.493 e. The van der Waals surface area contributed by atoms with Crippen LogP contribution in [-0.4, -0.2) is 10.5 Å². The van der Waals surface area contributed by atoms with Crippen LogP contribution in [0.3, 0.4) is 0 Å². The van der Waals surface area contributed by atoms with Crippen molar-refractivity contribution in [3.8, 4) is 16.9 Å². The number of halogens is 3. The molecular formula is C25H35Br3OSi. The first kappa shape index (κ1) is 26.2. The molecule has 0 bridgehead atoms. The maximum absolute atomic E-state index is 6.40. The zero-order valence-electron chi connectivity index (χ0n) is 18.1. The van der Waals surface area contributed by atoms with Gasteiger partial charge in [0.25, 0.3) is 3.93 Å². The highest BCUT2D eigenvalue weighted by molar-refractivity contribution is 9.72. The number of benzene rings is 2. The van der Waals surface area contributed by atoms with Crippen LogP contribution < -0.4 is 4.74 Å². The summed E-state index contributed by atoms with van der Waals surface area (Å²) in [6.07, 6.45) is 12.9. The Morgan fingerprint density at radius 2 is 1.40 bits per heavy atom.